The maximum absolute atomic E-state index is 13.5. The minimum absolute atomic E-state index is 0.0143. The number of benzene rings is 1. The second-order valence-electron chi connectivity index (χ2n) is 5.60. The Morgan fingerprint density at radius 3 is 2.89 bits per heavy atom. The zero-order chi connectivity index (χ0) is 13.5. The van der Waals surface area contributed by atoms with Gasteiger partial charge in [0.2, 0.25) is 0 Å². The predicted octanol–water partition coefficient (Wildman–Crippen LogP) is 1.71. The number of carboxylic acid groups (broad SMARTS) is 1. The van der Waals surface area contributed by atoms with Gasteiger partial charge in [-0.05, 0) is 37.6 Å². The van der Waals surface area contributed by atoms with Gasteiger partial charge >= 0.3 is 5.97 Å². The minimum atomic E-state index is -1.09. The SMILES string of the molecule is O=C(O)c1cc(F)cc(N2CCC3(CCNC3)C2)c1. The predicted molar refractivity (Wildman–Crippen MR) is 70.1 cm³/mol. The van der Waals surface area contributed by atoms with Gasteiger partial charge in [-0.2, -0.15) is 0 Å². The molecule has 2 saturated heterocycles. The van der Waals surface area contributed by atoms with Crippen LogP contribution >= 0.6 is 0 Å². The lowest BCUT2D eigenvalue weighted by Crippen LogP contribution is -2.29. The molecule has 2 heterocycles. The van der Waals surface area contributed by atoms with Crippen molar-refractivity contribution in [3.63, 3.8) is 0 Å². The first-order valence-electron chi connectivity index (χ1n) is 6.58. The summed E-state index contributed by atoms with van der Waals surface area (Å²) in [4.78, 5) is 13.1. The Labute approximate surface area is 111 Å². The van der Waals surface area contributed by atoms with Crippen LogP contribution in [0.25, 0.3) is 0 Å². The topological polar surface area (TPSA) is 52.6 Å². The Hall–Kier alpha value is -1.62. The largest absolute Gasteiger partial charge is 0.478 e. The van der Waals surface area contributed by atoms with Crippen LogP contribution in [0.15, 0.2) is 18.2 Å². The molecule has 0 aliphatic carbocycles. The average molecular weight is 264 g/mol. The molecule has 2 aliphatic heterocycles. The zero-order valence-electron chi connectivity index (χ0n) is 10.7. The number of hydrogen-bond acceptors (Lipinski definition) is 3. The molecule has 4 nitrogen and oxygen atoms in total. The lowest BCUT2D eigenvalue weighted by molar-refractivity contribution is 0.0696. The fraction of sp³-hybridized carbons (Fsp3) is 0.500. The van der Waals surface area contributed by atoms with Gasteiger partial charge in [-0.3, -0.25) is 0 Å². The van der Waals surface area contributed by atoms with Crippen molar-refractivity contribution < 1.29 is 14.3 Å². The standard InChI is InChI=1S/C14H17FN2O2/c15-11-5-10(13(18)19)6-12(7-11)17-4-2-14(9-17)1-3-16-8-14/h5-7,16H,1-4,8-9H2,(H,18,19). The number of rotatable bonds is 2. The third-order valence-corrected chi connectivity index (χ3v) is 4.27. The fourth-order valence-corrected chi connectivity index (χ4v) is 3.18. The summed E-state index contributed by atoms with van der Waals surface area (Å²) in [6.45, 7) is 3.79. The van der Waals surface area contributed by atoms with Crippen molar-refractivity contribution in [1.29, 1.82) is 0 Å². The van der Waals surface area contributed by atoms with Crippen LogP contribution in [-0.2, 0) is 0 Å². The summed E-state index contributed by atoms with van der Waals surface area (Å²) in [6, 6.07) is 4.05. The summed E-state index contributed by atoms with van der Waals surface area (Å²) in [5.41, 5.74) is 0.983. The van der Waals surface area contributed by atoms with Gasteiger partial charge in [0.05, 0.1) is 5.56 Å². The number of nitrogens with one attached hydrogen (secondary N) is 1. The third-order valence-electron chi connectivity index (χ3n) is 4.27. The smallest absolute Gasteiger partial charge is 0.335 e. The lowest BCUT2D eigenvalue weighted by Gasteiger charge is -2.24. The zero-order valence-corrected chi connectivity index (χ0v) is 10.7. The molecule has 1 aromatic rings. The molecule has 1 aromatic carbocycles. The first-order chi connectivity index (χ1) is 9.08. The van der Waals surface area contributed by atoms with Gasteiger partial charge in [-0.15, -0.1) is 0 Å². The van der Waals surface area contributed by atoms with Crippen molar-refractivity contribution in [3.8, 4) is 0 Å². The van der Waals surface area contributed by atoms with Crippen LogP contribution in [0.1, 0.15) is 23.2 Å². The van der Waals surface area contributed by atoms with E-state index in [-0.39, 0.29) is 11.0 Å². The van der Waals surface area contributed by atoms with E-state index in [9.17, 15) is 9.18 Å². The second-order valence-corrected chi connectivity index (χ2v) is 5.60. The molecule has 1 unspecified atom stereocenters. The summed E-state index contributed by atoms with van der Waals surface area (Å²) >= 11 is 0. The van der Waals surface area contributed by atoms with E-state index in [0.717, 1.165) is 45.1 Å². The van der Waals surface area contributed by atoms with Gasteiger partial charge in [-0.25, -0.2) is 9.18 Å². The van der Waals surface area contributed by atoms with Crippen LogP contribution in [-0.4, -0.2) is 37.3 Å². The molecule has 0 radical (unpaired) electrons. The molecular weight excluding hydrogens is 247 g/mol. The van der Waals surface area contributed by atoms with Gasteiger partial charge in [0, 0.05) is 30.7 Å². The first-order valence-corrected chi connectivity index (χ1v) is 6.58. The quantitative estimate of drug-likeness (QED) is 0.854. The second kappa shape index (κ2) is 4.49. The van der Waals surface area contributed by atoms with E-state index in [1.54, 1.807) is 6.07 Å². The van der Waals surface area contributed by atoms with Crippen LogP contribution in [0.3, 0.4) is 0 Å². The molecule has 2 fully saturated rings. The van der Waals surface area contributed by atoms with Gasteiger partial charge in [0.1, 0.15) is 5.82 Å². The van der Waals surface area contributed by atoms with Crippen molar-refractivity contribution >= 4 is 11.7 Å². The van der Waals surface area contributed by atoms with Crippen molar-refractivity contribution in [1.82, 2.24) is 5.32 Å². The maximum atomic E-state index is 13.5. The van der Waals surface area contributed by atoms with Crippen molar-refractivity contribution in [2.24, 2.45) is 5.41 Å². The van der Waals surface area contributed by atoms with Gasteiger partial charge in [0.25, 0.3) is 0 Å². The highest BCUT2D eigenvalue weighted by molar-refractivity contribution is 5.88. The number of nitrogens with zero attached hydrogens (tertiary/aromatic N) is 1. The van der Waals surface area contributed by atoms with Crippen LogP contribution in [0.2, 0.25) is 0 Å². The van der Waals surface area contributed by atoms with Gasteiger partial charge < -0.3 is 15.3 Å². The number of carbonyl (C=O) groups is 1. The molecule has 0 bridgehead atoms. The van der Waals surface area contributed by atoms with E-state index < -0.39 is 11.8 Å². The molecule has 102 valence electrons. The molecule has 19 heavy (non-hydrogen) atoms. The Bertz CT molecular complexity index is 512. The molecule has 0 amide bonds. The molecule has 2 aliphatic rings. The van der Waals surface area contributed by atoms with Crippen LogP contribution in [0.4, 0.5) is 10.1 Å². The monoisotopic (exact) mass is 264 g/mol. The normalized spacial score (nSPS) is 26.3. The number of hydrogen-bond donors (Lipinski definition) is 2. The highest BCUT2D eigenvalue weighted by atomic mass is 19.1. The molecule has 1 spiro atoms. The van der Waals surface area contributed by atoms with E-state index in [2.05, 4.69) is 10.2 Å². The molecule has 3 rings (SSSR count). The number of aromatic carboxylic acids is 1. The fourth-order valence-electron chi connectivity index (χ4n) is 3.18. The summed E-state index contributed by atoms with van der Waals surface area (Å²) < 4.78 is 13.5. The van der Waals surface area contributed by atoms with Crippen LogP contribution < -0.4 is 10.2 Å². The molecular formula is C14H17FN2O2. The lowest BCUT2D eigenvalue weighted by atomic mass is 9.86. The van der Waals surface area contributed by atoms with Crippen LogP contribution in [0, 0.1) is 11.2 Å². The van der Waals surface area contributed by atoms with E-state index in [1.807, 2.05) is 0 Å². The molecule has 0 saturated carbocycles. The summed E-state index contributed by atoms with van der Waals surface area (Å²) in [5, 5.41) is 12.4. The maximum Gasteiger partial charge on any atom is 0.335 e. The molecule has 1 atom stereocenters. The third kappa shape index (κ3) is 2.30. The first kappa shape index (κ1) is 12.4. The molecule has 2 N–H and O–H groups in total. The van der Waals surface area contributed by atoms with Crippen molar-refractivity contribution in [2.75, 3.05) is 31.1 Å². The van der Waals surface area contributed by atoms with Crippen LogP contribution in [0.5, 0.6) is 0 Å². The summed E-state index contributed by atoms with van der Waals surface area (Å²) in [6.07, 6.45) is 2.23. The number of anilines is 1. The molecule has 0 aromatic heterocycles. The summed E-state index contributed by atoms with van der Waals surface area (Å²) in [5.74, 6) is -1.57. The van der Waals surface area contributed by atoms with E-state index in [0.29, 0.717) is 5.69 Å². The average Bonchev–Trinajstić information content (AvgIpc) is 3.00. The highest BCUT2D eigenvalue weighted by Gasteiger charge is 2.40. The van der Waals surface area contributed by atoms with E-state index in [1.165, 1.54) is 6.07 Å². The van der Waals surface area contributed by atoms with Gasteiger partial charge in [-0.1, -0.05) is 0 Å². The van der Waals surface area contributed by atoms with E-state index in [4.69, 9.17) is 5.11 Å². The Kier molecular flexibility index (Phi) is 2.93. The number of halogens is 1. The Morgan fingerprint density at radius 2 is 2.21 bits per heavy atom. The Balaban J connectivity index is 1.85. The number of carboxylic acids is 1. The summed E-state index contributed by atoms with van der Waals surface area (Å²) in [7, 11) is 0. The van der Waals surface area contributed by atoms with Crippen molar-refractivity contribution in [3.05, 3.63) is 29.6 Å². The van der Waals surface area contributed by atoms with Crippen molar-refractivity contribution in [2.45, 2.75) is 12.8 Å². The highest BCUT2D eigenvalue weighted by Crippen LogP contribution is 2.38. The molecule has 5 heteroatoms. The Morgan fingerprint density at radius 1 is 1.37 bits per heavy atom. The minimum Gasteiger partial charge on any atom is -0.478 e. The van der Waals surface area contributed by atoms with E-state index >= 15 is 0 Å². The van der Waals surface area contributed by atoms with Gasteiger partial charge in [0.15, 0.2) is 0 Å².